The van der Waals surface area contributed by atoms with Gasteiger partial charge in [-0.05, 0) is 50.2 Å². The third-order valence-corrected chi connectivity index (χ3v) is 6.59. The number of carbonyl (C=O) groups is 2. The van der Waals surface area contributed by atoms with Crippen LogP contribution >= 0.6 is 0 Å². The monoisotopic (exact) mass is 325 g/mol. The standard InChI is InChI=1S/C20H23NO3/c22-15-12-20(24-16-7-3-2-6-13(15)16)9-8-14-17(18(14)20)19(23)21-10-4-1-5-11-21/h2-3,6-7,14,17-18H,1,4-5,8-12H2/t14-,17-,18-,20+/m1/s1. The molecule has 0 aromatic heterocycles. The number of ketones is 1. The zero-order valence-corrected chi connectivity index (χ0v) is 13.9. The van der Waals surface area contributed by atoms with Crippen LogP contribution in [0.25, 0.3) is 0 Å². The molecule has 1 aromatic rings. The zero-order valence-electron chi connectivity index (χ0n) is 13.9. The Bertz CT molecular complexity index is 709. The van der Waals surface area contributed by atoms with Gasteiger partial charge in [0.1, 0.15) is 11.4 Å². The predicted octanol–water partition coefficient (Wildman–Crippen LogP) is 3.06. The highest BCUT2D eigenvalue weighted by molar-refractivity contribution is 6.00. The lowest BCUT2D eigenvalue weighted by Gasteiger charge is -2.37. The van der Waals surface area contributed by atoms with Gasteiger partial charge in [0.05, 0.1) is 12.0 Å². The van der Waals surface area contributed by atoms with Crippen molar-refractivity contribution in [2.75, 3.05) is 13.1 Å². The molecule has 2 heterocycles. The van der Waals surface area contributed by atoms with Gasteiger partial charge in [0, 0.05) is 24.9 Å². The molecule has 1 spiro atoms. The Hall–Kier alpha value is -1.84. The number of hydrogen-bond acceptors (Lipinski definition) is 3. The summed E-state index contributed by atoms with van der Waals surface area (Å²) in [6.07, 6.45) is 5.85. The van der Waals surface area contributed by atoms with Crippen molar-refractivity contribution >= 4 is 11.7 Å². The fourth-order valence-electron chi connectivity index (χ4n) is 5.42. The maximum atomic E-state index is 12.9. The molecule has 4 heteroatoms. The molecule has 5 rings (SSSR count). The lowest BCUT2D eigenvalue weighted by Crippen LogP contribution is -2.45. The van der Waals surface area contributed by atoms with Gasteiger partial charge in [-0.1, -0.05) is 12.1 Å². The summed E-state index contributed by atoms with van der Waals surface area (Å²) < 4.78 is 6.38. The van der Waals surface area contributed by atoms with Gasteiger partial charge in [-0.3, -0.25) is 9.59 Å². The molecule has 0 bridgehead atoms. The summed E-state index contributed by atoms with van der Waals surface area (Å²) in [6.45, 7) is 1.81. The van der Waals surface area contributed by atoms with Gasteiger partial charge in [0.15, 0.2) is 5.78 Å². The third-order valence-electron chi connectivity index (χ3n) is 6.59. The van der Waals surface area contributed by atoms with Crippen molar-refractivity contribution in [2.24, 2.45) is 17.8 Å². The van der Waals surface area contributed by atoms with Gasteiger partial charge in [0.25, 0.3) is 0 Å². The number of Topliss-reactive ketones (excluding diaryl/α,β-unsaturated/α-hetero) is 1. The van der Waals surface area contributed by atoms with Crippen molar-refractivity contribution in [1.82, 2.24) is 4.90 Å². The predicted molar refractivity (Wildman–Crippen MR) is 88.9 cm³/mol. The first-order valence-corrected chi connectivity index (χ1v) is 9.30. The lowest BCUT2D eigenvalue weighted by atomic mass is 9.84. The van der Waals surface area contributed by atoms with Gasteiger partial charge in [-0.15, -0.1) is 0 Å². The van der Waals surface area contributed by atoms with Crippen molar-refractivity contribution in [1.29, 1.82) is 0 Å². The number of benzene rings is 1. The first-order valence-electron chi connectivity index (χ1n) is 9.30. The second-order valence-corrected chi connectivity index (χ2v) is 7.90. The number of hydrogen-bond donors (Lipinski definition) is 0. The second-order valence-electron chi connectivity index (χ2n) is 7.90. The van der Waals surface area contributed by atoms with Crippen LogP contribution in [0.5, 0.6) is 5.75 Å². The molecule has 24 heavy (non-hydrogen) atoms. The van der Waals surface area contributed by atoms with E-state index in [4.69, 9.17) is 4.74 Å². The molecule has 1 aromatic carbocycles. The molecule has 0 unspecified atom stereocenters. The minimum absolute atomic E-state index is 0.0925. The average molecular weight is 325 g/mol. The van der Waals surface area contributed by atoms with Crippen molar-refractivity contribution < 1.29 is 14.3 Å². The summed E-state index contributed by atoms with van der Waals surface area (Å²) in [4.78, 5) is 27.6. The van der Waals surface area contributed by atoms with Crippen molar-refractivity contribution in [3.63, 3.8) is 0 Å². The van der Waals surface area contributed by atoms with Crippen LogP contribution < -0.4 is 4.74 Å². The topological polar surface area (TPSA) is 46.6 Å². The van der Waals surface area contributed by atoms with E-state index in [9.17, 15) is 9.59 Å². The van der Waals surface area contributed by atoms with E-state index in [0.717, 1.165) is 38.8 Å². The fourth-order valence-corrected chi connectivity index (χ4v) is 5.42. The summed E-state index contributed by atoms with van der Waals surface area (Å²) in [5.74, 6) is 1.97. The van der Waals surface area contributed by atoms with Gasteiger partial charge in [-0.2, -0.15) is 0 Å². The highest BCUT2D eigenvalue weighted by Gasteiger charge is 2.71. The number of para-hydroxylation sites is 1. The van der Waals surface area contributed by atoms with Crippen molar-refractivity contribution in [2.45, 2.75) is 44.1 Å². The van der Waals surface area contributed by atoms with E-state index in [1.807, 2.05) is 24.3 Å². The molecule has 1 saturated heterocycles. The van der Waals surface area contributed by atoms with Crippen LogP contribution in [0.4, 0.5) is 0 Å². The molecule has 4 atom stereocenters. The molecular weight excluding hydrogens is 302 g/mol. The molecule has 126 valence electrons. The summed E-state index contributed by atoms with van der Waals surface area (Å²) in [6, 6.07) is 7.54. The van der Waals surface area contributed by atoms with E-state index in [0.29, 0.717) is 29.6 Å². The Morgan fingerprint density at radius 2 is 1.96 bits per heavy atom. The van der Waals surface area contributed by atoms with E-state index in [2.05, 4.69) is 4.90 Å². The Labute approximate surface area is 142 Å². The molecule has 2 saturated carbocycles. The van der Waals surface area contributed by atoms with Crippen LogP contribution in [-0.4, -0.2) is 35.3 Å². The van der Waals surface area contributed by atoms with Crippen LogP contribution in [-0.2, 0) is 4.79 Å². The zero-order chi connectivity index (χ0) is 16.3. The number of carbonyl (C=O) groups excluding carboxylic acids is 2. The Morgan fingerprint density at radius 3 is 2.79 bits per heavy atom. The van der Waals surface area contributed by atoms with E-state index in [1.165, 1.54) is 6.42 Å². The van der Waals surface area contributed by atoms with E-state index in [-0.39, 0.29) is 17.6 Å². The van der Waals surface area contributed by atoms with Crippen LogP contribution in [0.15, 0.2) is 24.3 Å². The van der Waals surface area contributed by atoms with Crippen molar-refractivity contribution in [3.05, 3.63) is 29.8 Å². The van der Waals surface area contributed by atoms with E-state index in [1.54, 1.807) is 0 Å². The fraction of sp³-hybridized carbons (Fsp3) is 0.600. The first kappa shape index (κ1) is 14.5. The van der Waals surface area contributed by atoms with Crippen LogP contribution in [0, 0.1) is 17.8 Å². The quantitative estimate of drug-likeness (QED) is 0.797. The summed E-state index contributed by atoms with van der Waals surface area (Å²) in [5, 5.41) is 0. The maximum absolute atomic E-state index is 12.9. The second kappa shape index (κ2) is 5.08. The first-order chi connectivity index (χ1) is 11.7. The van der Waals surface area contributed by atoms with Gasteiger partial charge in [0.2, 0.25) is 5.91 Å². The summed E-state index contributed by atoms with van der Waals surface area (Å²) in [5.41, 5.74) is 0.276. The SMILES string of the molecule is O=C1C[C@]2(CC[C@@H]3[C@@H](C(=O)N4CCCCC4)[C@@H]32)Oc2ccccc21. The molecule has 4 nitrogen and oxygen atoms in total. The smallest absolute Gasteiger partial charge is 0.226 e. The van der Waals surface area contributed by atoms with Crippen LogP contribution in [0.3, 0.4) is 0 Å². The van der Waals surface area contributed by atoms with E-state index < -0.39 is 5.60 Å². The largest absolute Gasteiger partial charge is 0.486 e. The molecule has 2 aliphatic carbocycles. The summed E-state index contributed by atoms with van der Waals surface area (Å²) in [7, 11) is 0. The molecule has 4 aliphatic rings. The minimum atomic E-state index is -0.424. The molecule has 0 radical (unpaired) electrons. The Morgan fingerprint density at radius 1 is 1.17 bits per heavy atom. The average Bonchev–Trinajstić information content (AvgIpc) is 3.26. The molecule has 3 fully saturated rings. The number of ether oxygens (including phenoxy) is 1. The van der Waals surface area contributed by atoms with Crippen LogP contribution in [0.1, 0.15) is 48.9 Å². The number of fused-ring (bicyclic) bond motifs is 3. The van der Waals surface area contributed by atoms with Crippen molar-refractivity contribution in [3.8, 4) is 5.75 Å². The number of piperidine rings is 1. The number of likely N-dealkylation sites (tertiary alicyclic amines) is 1. The molecule has 2 aliphatic heterocycles. The normalized spacial score (nSPS) is 36.9. The molecule has 1 amide bonds. The maximum Gasteiger partial charge on any atom is 0.226 e. The highest BCUT2D eigenvalue weighted by atomic mass is 16.5. The number of amides is 1. The summed E-state index contributed by atoms with van der Waals surface area (Å²) >= 11 is 0. The van der Waals surface area contributed by atoms with Gasteiger partial charge in [-0.25, -0.2) is 0 Å². The highest BCUT2D eigenvalue weighted by Crippen LogP contribution is 2.66. The minimum Gasteiger partial charge on any atom is -0.486 e. The lowest BCUT2D eigenvalue weighted by molar-refractivity contribution is -0.135. The van der Waals surface area contributed by atoms with Gasteiger partial charge < -0.3 is 9.64 Å². The Balaban J connectivity index is 1.39. The number of rotatable bonds is 1. The third kappa shape index (κ3) is 1.98. The molecular formula is C20H23NO3. The molecule has 0 N–H and O–H groups in total. The van der Waals surface area contributed by atoms with Crippen LogP contribution in [0.2, 0.25) is 0 Å². The number of nitrogens with zero attached hydrogens (tertiary/aromatic N) is 1. The van der Waals surface area contributed by atoms with E-state index >= 15 is 0 Å². The Kier molecular flexibility index (Phi) is 3.07. The van der Waals surface area contributed by atoms with Gasteiger partial charge >= 0.3 is 0 Å².